The first kappa shape index (κ1) is 9.54. The van der Waals surface area contributed by atoms with E-state index in [1.165, 1.54) is 24.4 Å². The van der Waals surface area contributed by atoms with Gasteiger partial charge in [0, 0.05) is 29.7 Å². The maximum Gasteiger partial charge on any atom is 0.205 e. The number of fused-ring (bicyclic) bond motifs is 2. The van der Waals surface area contributed by atoms with Gasteiger partial charge in [-0.3, -0.25) is 0 Å². The van der Waals surface area contributed by atoms with Crippen LogP contribution in [0.15, 0.2) is 0 Å². The summed E-state index contributed by atoms with van der Waals surface area (Å²) >= 11 is 1.53. The van der Waals surface area contributed by atoms with Crippen molar-refractivity contribution < 1.29 is 0 Å². The smallest absolute Gasteiger partial charge is 0.205 e. The van der Waals surface area contributed by atoms with Crippen LogP contribution in [-0.2, 0) is 0 Å². The molecule has 2 atom stereocenters. The van der Waals surface area contributed by atoms with Gasteiger partial charge in [-0.05, 0) is 32.6 Å². The molecule has 2 bridgehead atoms. The molecule has 0 aromatic carbocycles. The van der Waals surface area contributed by atoms with Crippen molar-refractivity contribution in [2.24, 2.45) is 5.73 Å². The molecule has 1 aromatic rings. The lowest BCUT2D eigenvalue weighted by Gasteiger charge is -2.37. The number of rotatable bonds is 1. The minimum Gasteiger partial charge on any atom is -0.341 e. The minimum absolute atomic E-state index is 0.396. The molecule has 3 rings (SSSR count). The van der Waals surface area contributed by atoms with Gasteiger partial charge in [-0.1, -0.05) is 0 Å². The van der Waals surface area contributed by atoms with Gasteiger partial charge in [-0.25, -0.2) is 4.98 Å². The summed E-state index contributed by atoms with van der Waals surface area (Å²) in [6.45, 7) is 1.96. The Morgan fingerprint density at radius 3 is 2.53 bits per heavy atom. The van der Waals surface area contributed by atoms with Crippen LogP contribution in [0.4, 0.5) is 5.13 Å². The largest absolute Gasteiger partial charge is 0.341 e. The van der Waals surface area contributed by atoms with Crippen molar-refractivity contribution >= 4 is 16.7 Å². The molecule has 82 valence electrons. The van der Waals surface area contributed by atoms with Crippen LogP contribution < -0.4 is 10.6 Å². The molecular formula is C10H16N4S. The van der Waals surface area contributed by atoms with E-state index in [2.05, 4.69) is 14.3 Å². The summed E-state index contributed by atoms with van der Waals surface area (Å²) in [6.07, 6.45) is 4.79. The Kier molecular flexibility index (Phi) is 2.17. The van der Waals surface area contributed by atoms with E-state index in [-0.39, 0.29) is 0 Å². The van der Waals surface area contributed by atoms with E-state index < -0.39 is 0 Å². The second-order valence-electron chi connectivity index (χ2n) is 4.65. The third kappa shape index (κ3) is 1.54. The first-order valence-electron chi connectivity index (χ1n) is 5.58. The second-order valence-corrected chi connectivity index (χ2v) is 5.38. The monoisotopic (exact) mass is 224 g/mol. The maximum atomic E-state index is 6.04. The zero-order valence-electron chi connectivity index (χ0n) is 8.89. The number of aryl methyl sites for hydroxylation is 1. The molecule has 3 heterocycles. The van der Waals surface area contributed by atoms with Gasteiger partial charge in [0.25, 0.3) is 0 Å². The van der Waals surface area contributed by atoms with Crippen LogP contribution in [0.25, 0.3) is 0 Å². The van der Waals surface area contributed by atoms with E-state index in [0.29, 0.717) is 18.1 Å². The molecule has 2 N–H and O–H groups in total. The van der Waals surface area contributed by atoms with E-state index in [9.17, 15) is 0 Å². The predicted octanol–water partition coefficient (Wildman–Crippen LogP) is 1.31. The molecule has 2 aliphatic rings. The van der Waals surface area contributed by atoms with Gasteiger partial charge in [0.1, 0.15) is 5.82 Å². The molecule has 5 heteroatoms. The number of nitrogens with two attached hydrogens (primary N) is 1. The minimum atomic E-state index is 0.396. The molecule has 2 saturated heterocycles. The standard InChI is InChI=1S/C10H16N4S/c1-6-12-10(15-13-6)14-8-2-3-9(14)5-7(11)4-8/h7-9H,2-5,11H2,1H3. The van der Waals surface area contributed by atoms with Gasteiger partial charge in [-0.2, -0.15) is 4.37 Å². The Labute approximate surface area is 93.7 Å². The number of anilines is 1. The molecule has 2 unspecified atom stereocenters. The number of hydrogen-bond acceptors (Lipinski definition) is 5. The van der Waals surface area contributed by atoms with Crippen molar-refractivity contribution in [1.29, 1.82) is 0 Å². The van der Waals surface area contributed by atoms with Crippen LogP contribution in [0, 0.1) is 6.92 Å². The van der Waals surface area contributed by atoms with E-state index in [4.69, 9.17) is 5.73 Å². The Balaban J connectivity index is 1.88. The van der Waals surface area contributed by atoms with Gasteiger partial charge in [0.2, 0.25) is 5.13 Å². The van der Waals surface area contributed by atoms with Crippen molar-refractivity contribution in [3.8, 4) is 0 Å². The second kappa shape index (κ2) is 3.42. The predicted molar refractivity (Wildman–Crippen MR) is 61.1 cm³/mol. The Bertz CT molecular complexity index is 350. The SMILES string of the molecule is Cc1nsc(N2C3CCC2CC(N)C3)n1. The van der Waals surface area contributed by atoms with Crippen LogP contribution in [0.2, 0.25) is 0 Å². The fourth-order valence-corrected chi connectivity index (χ4v) is 3.74. The van der Waals surface area contributed by atoms with Crippen LogP contribution in [-0.4, -0.2) is 27.5 Å². The first-order chi connectivity index (χ1) is 7.24. The molecule has 0 radical (unpaired) electrons. The summed E-state index contributed by atoms with van der Waals surface area (Å²) < 4.78 is 4.27. The van der Waals surface area contributed by atoms with E-state index in [1.807, 2.05) is 6.92 Å². The molecule has 0 aliphatic carbocycles. The zero-order chi connectivity index (χ0) is 10.4. The summed E-state index contributed by atoms with van der Waals surface area (Å²) in [7, 11) is 0. The summed E-state index contributed by atoms with van der Waals surface area (Å²) in [5, 5.41) is 1.10. The number of nitrogens with zero attached hydrogens (tertiary/aromatic N) is 3. The van der Waals surface area contributed by atoms with Gasteiger partial charge in [0.05, 0.1) is 0 Å². The highest BCUT2D eigenvalue weighted by Gasteiger charge is 2.40. The quantitative estimate of drug-likeness (QED) is 0.781. The Hall–Kier alpha value is -0.680. The average molecular weight is 224 g/mol. The van der Waals surface area contributed by atoms with Crippen molar-refractivity contribution in [3.63, 3.8) is 0 Å². The lowest BCUT2D eigenvalue weighted by Crippen LogP contribution is -2.47. The van der Waals surface area contributed by atoms with Crippen LogP contribution in [0.3, 0.4) is 0 Å². The van der Waals surface area contributed by atoms with Crippen molar-refractivity contribution in [2.45, 2.75) is 50.7 Å². The Morgan fingerprint density at radius 2 is 2.00 bits per heavy atom. The summed E-state index contributed by atoms with van der Waals surface area (Å²) in [4.78, 5) is 6.96. The van der Waals surface area contributed by atoms with Crippen molar-refractivity contribution in [3.05, 3.63) is 5.82 Å². The van der Waals surface area contributed by atoms with Gasteiger partial charge >= 0.3 is 0 Å². The molecule has 2 fully saturated rings. The van der Waals surface area contributed by atoms with Crippen LogP contribution in [0.1, 0.15) is 31.5 Å². The molecule has 15 heavy (non-hydrogen) atoms. The van der Waals surface area contributed by atoms with Gasteiger partial charge in [0.15, 0.2) is 0 Å². The molecular weight excluding hydrogens is 208 g/mol. The molecule has 0 spiro atoms. The zero-order valence-corrected chi connectivity index (χ0v) is 9.70. The molecule has 2 aliphatic heterocycles. The average Bonchev–Trinajstić information content (AvgIpc) is 2.69. The summed E-state index contributed by atoms with van der Waals surface area (Å²) in [5.41, 5.74) is 6.04. The van der Waals surface area contributed by atoms with Crippen LogP contribution in [0.5, 0.6) is 0 Å². The highest BCUT2D eigenvalue weighted by atomic mass is 32.1. The van der Waals surface area contributed by atoms with Crippen molar-refractivity contribution in [2.75, 3.05) is 4.90 Å². The molecule has 0 amide bonds. The van der Waals surface area contributed by atoms with E-state index in [0.717, 1.165) is 23.8 Å². The van der Waals surface area contributed by atoms with E-state index >= 15 is 0 Å². The highest BCUT2D eigenvalue weighted by molar-refractivity contribution is 7.09. The van der Waals surface area contributed by atoms with E-state index in [1.54, 1.807) is 0 Å². The lowest BCUT2D eigenvalue weighted by atomic mass is 9.99. The van der Waals surface area contributed by atoms with Gasteiger partial charge < -0.3 is 10.6 Å². The normalized spacial score (nSPS) is 34.8. The number of hydrogen-bond donors (Lipinski definition) is 1. The fourth-order valence-electron chi connectivity index (χ4n) is 2.92. The summed E-state index contributed by atoms with van der Waals surface area (Å²) in [6, 6.07) is 1.63. The highest BCUT2D eigenvalue weighted by Crippen LogP contribution is 2.39. The number of aromatic nitrogens is 2. The van der Waals surface area contributed by atoms with Crippen molar-refractivity contribution in [1.82, 2.24) is 9.36 Å². The molecule has 4 nitrogen and oxygen atoms in total. The first-order valence-corrected chi connectivity index (χ1v) is 6.35. The van der Waals surface area contributed by atoms with Gasteiger partial charge in [-0.15, -0.1) is 0 Å². The third-order valence-corrected chi connectivity index (χ3v) is 4.33. The summed E-state index contributed by atoms with van der Waals surface area (Å²) in [5.74, 6) is 0.893. The third-order valence-electron chi connectivity index (χ3n) is 3.51. The van der Waals surface area contributed by atoms with Crippen LogP contribution >= 0.6 is 11.5 Å². The molecule has 0 saturated carbocycles. The lowest BCUT2D eigenvalue weighted by molar-refractivity contribution is 0.414. The Morgan fingerprint density at radius 1 is 1.33 bits per heavy atom. The topological polar surface area (TPSA) is 55.0 Å². The maximum absolute atomic E-state index is 6.04. The molecule has 1 aromatic heterocycles. The number of piperidine rings is 1. The fraction of sp³-hybridized carbons (Fsp3) is 0.800.